The molecular formula is C13H15N3O2. The van der Waals surface area contributed by atoms with Crippen molar-refractivity contribution in [1.82, 2.24) is 10.2 Å². The van der Waals surface area contributed by atoms with Crippen LogP contribution in [0.4, 0.5) is 0 Å². The minimum absolute atomic E-state index is 0.424. The molecule has 0 saturated carbocycles. The third-order valence-corrected chi connectivity index (χ3v) is 2.40. The predicted molar refractivity (Wildman–Crippen MR) is 67.7 cm³/mol. The second-order valence-corrected chi connectivity index (χ2v) is 3.89. The summed E-state index contributed by atoms with van der Waals surface area (Å²) in [7, 11) is 1.60. The van der Waals surface area contributed by atoms with Crippen molar-refractivity contribution < 1.29 is 9.47 Å². The molecule has 0 aliphatic rings. The maximum Gasteiger partial charge on any atom is 0.239 e. The molecule has 0 spiro atoms. The Balaban J connectivity index is 2.28. The third kappa shape index (κ3) is 2.95. The smallest absolute Gasteiger partial charge is 0.239 e. The molecule has 0 aliphatic carbocycles. The molecule has 0 unspecified atom stereocenters. The van der Waals surface area contributed by atoms with Gasteiger partial charge in [-0.1, -0.05) is 0 Å². The molecule has 2 aromatic rings. The van der Waals surface area contributed by atoms with Crippen LogP contribution >= 0.6 is 0 Å². The Morgan fingerprint density at radius 1 is 1.17 bits per heavy atom. The highest BCUT2D eigenvalue weighted by molar-refractivity contribution is 5.40. The fraction of sp³-hybridized carbons (Fsp3) is 0.231. The monoisotopic (exact) mass is 245 g/mol. The van der Waals surface area contributed by atoms with Crippen molar-refractivity contribution in [1.29, 1.82) is 0 Å². The Hall–Kier alpha value is -2.14. The fourth-order valence-corrected chi connectivity index (χ4v) is 1.53. The Morgan fingerprint density at radius 2 is 1.94 bits per heavy atom. The van der Waals surface area contributed by atoms with Crippen molar-refractivity contribution in [2.45, 2.75) is 13.5 Å². The Kier molecular flexibility index (Phi) is 3.74. The average Bonchev–Trinajstić information content (AvgIpc) is 2.38. The molecule has 2 rings (SSSR count). The molecule has 1 aromatic heterocycles. The number of hydrogen-bond donors (Lipinski definition) is 1. The van der Waals surface area contributed by atoms with Crippen LogP contribution < -0.4 is 15.2 Å². The number of benzene rings is 1. The van der Waals surface area contributed by atoms with Crippen LogP contribution in [0.3, 0.4) is 0 Å². The first-order chi connectivity index (χ1) is 8.71. The van der Waals surface area contributed by atoms with Gasteiger partial charge in [0.05, 0.1) is 13.3 Å². The molecule has 5 heteroatoms. The Labute approximate surface area is 106 Å². The summed E-state index contributed by atoms with van der Waals surface area (Å²) < 4.78 is 10.8. The zero-order valence-electron chi connectivity index (χ0n) is 10.4. The van der Waals surface area contributed by atoms with E-state index >= 15 is 0 Å². The second kappa shape index (κ2) is 5.46. The van der Waals surface area contributed by atoms with E-state index in [4.69, 9.17) is 15.2 Å². The maximum absolute atomic E-state index is 5.64. The summed E-state index contributed by atoms with van der Waals surface area (Å²) >= 11 is 0. The van der Waals surface area contributed by atoms with E-state index in [1.165, 1.54) is 0 Å². The van der Waals surface area contributed by atoms with E-state index < -0.39 is 0 Å². The number of ether oxygens (including phenoxy) is 2. The van der Waals surface area contributed by atoms with Gasteiger partial charge in [0, 0.05) is 18.7 Å². The lowest BCUT2D eigenvalue weighted by Crippen LogP contribution is -1.98. The van der Waals surface area contributed by atoms with Crippen LogP contribution in [0.5, 0.6) is 17.4 Å². The molecule has 0 saturated heterocycles. The van der Waals surface area contributed by atoms with Gasteiger partial charge in [-0.15, -0.1) is 5.10 Å². The first-order valence-corrected chi connectivity index (χ1v) is 5.56. The van der Waals surface area contributed by atoms with Gasteiger partial charge in [-0.3, -0.25) is 0 Å². The molecule has 5 nitrogen and oxygen atoms in total. The van der Waals surface area contributed by atoms with Gasteiger partial charge >= 0.3 is 0 Å². The van der Waals surface area contributed by atoms with Crippen LogP contribution in [-0.4, -0.2) is 17.3 Å². The van der Waals surface area contributed by atoms with Crippen molar-refractivity contribution in [3.63, 3.8) is 0 Å². The lowest BCUT2D eigenvalue weighted by Gasteiger charge is -2.08. The highest BCUT2D eigenvalue weighted by Gasteiger charge is 2.04. The lowest BCUT2D eigenvalue weighted by molar-refractivity contribution is 0.405. The summed E-state index contributed by atoms with van der Waals surface area (Å²) in [5, 5.41) is 7.74. The van der Waals surface area contributed by atoms with Gasteiger partial charge in [0.25, 0.3) is 0 Å². The van der Waals surface area contributed by atoms with Crippen molar-refractivity contribution in [2.24, 2.45) is 5.73 Å². The molecule has 1 aromatic carbocycles. The topological polar surface area (TPSA) is 70.3 Å². The molecule has 0 fully saturated rings. The van der Waals surface area contributed by atoms with Gasteiger partial charge in [0.1, 0.15) is 11.5 Å². The number of nitrogens with two attached hydrogens (primary N) is 1. The molecule has 0 bridgehead atoms. The van der Waals surface area contributed by atoms with Gasteiger partial charge < -0.3 is 15.2 Å². The highest BCUT2D eigenvalue weighted by atomic mass is 16.5. The van der Waals surface area contributed by atoms with E-state index in [0.717, 1.165) is 11.1 Å². The molecule has 18 heavy (non-hydrogen) atoms. The van der Waals surface area contributed by atoms with Gasteiger partial charge in [-0.25, -0.2) is 0 Å². The number of rotatable bonds is 4. The standard InChI is InChI=1S/C13H15N3O2/c1-9-3-13(16-15-8-9)18-12-5-10(7-14)4-11(6-12)17-2/h3-6,8H,7,14H2,1-2H3. The van der Waals surface area contributed by atoms with E-state index in [1.54, 1.807) is 19.4 Å². The zero-order chi connectivity index (χ0) is 13.0. The molecule has 2 N–H and O–H groups in total. The Morgan fingerprint density at radius 3 is 2.61 bits per heavy atom. The summed E-state index contributed by atoms with van der Waals surface area (Å²) in [5.41, 5.74) is 7.54. The van der Waals surface area contributed by atoms with Gasteiger partial charge in [-0.05, 0) is 30.2 Å². The molecule has 0 atom stereocenters. The number of aromatic nitrogens is 2. The van der Waals surface area contributed by atoms with Gasteiger partial charge in [0.15, 0.2) is 0 Å². The van der Waals surface area contributed by atoms with Crippen LogP contribution in [0.1, 0.15) is 11.1 Å². The lowest BCUT2D eigenvalue weighted by atomic mass is 10.2. The first-order valence-electron chi connectivity index (χ1n) is 5.56. The van der Waals surface area contributed by atoms with Crippen LogP contribution in [0.25, 0.3) is 0 Å². The summed E-state index contributed by atoms with van der Waals surface area (Å²) in [6.07, 6.45) is 1.67. The Bertz CT molecular complexity index is 521. The summed E-state index contributed by atoms with van der Waals surface area (Å²) in [6, 6.07) is 7.32. The summed E-state index contributed by atoms with van der Waals surface area (Å²) in [6.45, 7) is 2.35. The van der Waals surface area contributed by atoms with Crippen LogP contribution in [0, 0.1) is 6.92 Å². The van der Waals surface area contributed by atoms with Crippen molar-refractivity contribution in [3.05, 3.63) is 41.6 Å². The number of aryl methyl sites for hydroxylation is 1. The van der Waals surface area contributed by atoms with Crippen LogP contribution in [0.15, 0.2) is 30.5 Å². The predicted octanol–water partition coefficient (Wildman–Crippen LogP) is 2.04. The van der Waals surface area contributed by atoms with E-state index in [-0.39, 0.29) is 0 Å². The minimum atomic E-state index is 0.424. The zero-order valence-corrected chi connectivity index (χ0v) is 10.4. The minimum Gasteiger partial charge on any atom is -0.497 e. The van der Waals surface area contributed by atoms with E-state index in [2.05, 4.69) is 10.2 Å². The van der Waals surface area contributed by atoms with Crippen LogP contribution in [-0.2, 0) is 6.54 Å². The van der Waals surface area contributed by atoms with E-state index in [1.807, 2.05) is 25.1 Å². The van der Waals surface area contributed by atoms with Crippen molar-refractivity contribution >= 4 is 0 Å². The van der Waals surface area contributed by atoms with Gasteiger partial charge in [0.2, 0.25) is 5.88 Å². The van der Waals surface area contributed by atoms with Gasteiger partial charge in [-0.2, -0.15) is 5.10 Å². The number of hydrogen-bond acceptors (Lipinski definition) is 5. The second-order valence-electron chi connectivity index (χ2n) is 3.89. The molecular weight excluding hydrogens is 230 g/mol. The molecule has 0 amide bonds. The summed E-state index contributed by atoms with van der Waals surface area (Å²) in [4.78, 5) is 0. The first kappa shape index (κ1) is 12.3. The van der Waals surface area contributed by atoms with Crippen LogP contribution in [0.2, 0.25) is 0 Å². The highest BCUT2D eigenvalue weighted by Crippen LogP contribution is 2.26. The number of methoxy groups -OCH3 is 1. The number of nitrogens with zero attached hydrogens (tertiary/aromatic N) is 2. The largest absolute Gasteiger partial charge is 0.497 e. The van der Waals surface area contributed by atoms with Crippen molar-refractivity contribution in [3.8, 4) is 17.4 Å². The normalized spacial score (nSPS) is 10.2. The SMILES string of the molecule is COc1cc(CN)cc(Oc2cc(C)cnn2)c1. The maximum atomic E-state index is 5.64. The van der Waals surface area contributed by atoms with E-state index in [0.29, 0.717) is 23.9 Å². The molecule has 1 heterocycles. The fourth-order valence-electron chi connectivity index (χ4n) is 1.53. The average molecular weight is 245 g/mol. The molecule has 0 aliphatic heterocycles. The van der Waals surface area contributed by atoms with E-state index in [9.17, 15) is 0 Å². The third-order valence-electron chi connectivity index (χ3n) is 2.40. The summed E-state index contributed by atoms with van der Waals surface area (Å²) in [5.74, 6) is 1.79. The van der Waals surface area contributed by atoms with Crippen molar-refractivity contribution in [2.75, 3.05) is 7.11 Å². The molecule has 94 valence electrons. The molecule has 0 radical (unpaired) electrons. The quantitative estimate of drug-likeness (QED) is 0.892.